The summed E-state index contributed by atoms with van der Waals surface area (Å²) < 4.78 is 5.29. The quantitative estimate of drug-likeness (QED) is 0.892. The summed E-state index contributed by atoms with van der Waals surface area (Å²) in [5.41, 5.74) is 1.73. The molecule has 0 atom stereocenters. The number of hydrogen-bond acceptors (Lipinski definition) is 4. The van der Waals surface area contributed by atoms with Crippen LogP contribution in [0.25, 0.3) is 10.9 Å². The van der Waals surface area contributed by atoms with Gasteiger partial charge < -0.3 is 14.7 Å². The van der Waals surface area contributed by atoms with Gasteiger partial charge in [0.2, 0.25) is 0 Å². The smallest absolute Gasteiger partial charge is 0.305 e. The second-order valence-corrected chi connectivity index (χ2v) is 4.25. The lowest BCUT2D eigenvalue weighted by atomic mass is 10.1. The maximum absolute atomic E-state index is 10.6. The molecule has 5 heteroatoms. The van der Waals surface area contributed by atoms with E-state index in [2.05, 4.69) is 4.98 Å². The minimum absolute atomic E-state index is 0.101. The Balaban J connectivity index is 2.40. The SMILES string of the molecule is COc1cccc2c(N(C)CCC(=O)O)ccnc12. The third-order valence-corrected chi connectivity index (χ3v) is 3.00. The van der Waals surface area contributed by atoms with E-state index < -0.39 is 5.97 Å². The number of rotatable bonds is 5. The summed E-state index contributed by atoms with van der Waals surface area (Å²) in [6.07, 6.45) is 1.81. The van der Waals surface area contributed by atoms with Crippen molar-refractivity contribution in [1.82, 2.24) is 4.98 Å². The van der Waals surface area contributed by atoms with Gasteiger partial charge in [-0.1, -0.05) is 12.1 Å². The lowest BCUT2D eigenvalue weighted by Gasteiger charge is -2.20. The fraction of sp³-hybridized carbons (Fsp3) is 0.286. The first-order valence-corrected chi connectivity index (χ1v) is 5.98. The topological polar surface area (TPSA) is 62.7 Å². The number of methoxy groups -OCH3 is 1. The Kier molecular flexibility index (Phi) is 3.85. The molecule has 0 aliphatic heterocycles. The maximum Gasteiger partial charge on any atom is 0.305 e. The van der Waals surface area contributed by atoms with Gasteiger partial charge in [-0.05, 0) is 12.1 Å². The molecule has 0 aliphatic carbocycles. The van der Waals surface area contributed by atoms with Crippen LogP contribution in [0.3, 0.4) is 0 Å². The number of carboxylic acids is 1. The second kappa shape index (κ2) is 5.56. The summed E-state index contributed by atoms with van der Waals surface area (Å²) in [5.74, 6) is -0.0891. The van der Waals surface area contributed by atoms with Crippen LogP contribution in [-0.4, -0.2) is 36.8 Å². The van der Waals surface area contributed by atoms with Crippen LogP contribution >= 0.6 is 0 Å². The molecule has 2 rings (SSSR count). The molecule has 5 nitrogen and oxygen atoms in total. The van der Waals surface area contributed by atoms with Crippen LogP contribution in [0.1, 0.15) is 6.42 Å². The number of fused-ring (bicyclic) bond motifs is 1. The van der Waals surface area contributed by atoms with Gasteiger partial charge in [-0.25, -0.2) is 0 Å². The van der Waals surface area contributed by atoms with E-state index in [0.29, 0.717) is 12.3 Å². The van der Waals surface area contributed by atoms with Crippen LogP contribution in [-0.2, 0) is 4.79 Å². The van der Waals surface area contributed by atoms with Crippen LogP contribution in [0.2, 0.25) is 0 Å². The van der Waals surface area contributed by atoms with E-state index >= 15 is 0 Å². The molecule has 0 spiro atoms. The number of hydrogen-bond donors (Lipinski definition) is 1. The average Bonchev–Trinajstić information content (AvgIpc) is 2.43. The lowest BCUT2D eigenvalue weighted by molar-refractivity contribution is -0.136. The zero-order valence-electron chi connectivity index (χ0n) is 11.0. The highest BCUT2D eigenvalue weighted by Gasteiger charge is 2.10. The molecule has 0 amide bonds. The van der Waals surface area contributed by atoms with Crippen molar-refractivity contribution < 1.29 is 14.6 Å². The third-order valence-electron chi connectivity index (χ3n) is 3.00. The molecule has 1 N–H and O–H groups in total. The van der Waals surface area contributed by atoms with Crippen LogP contribution in [0, 0.1) is 0 Å². The first kappa shape index (κ1) is 13.1. The molecule has 19 heavy (non-hydrogen) atoms. The van der Waals surface area contributed by atoms with Crippen molar-refractivity contribution in [3.05, 3.63) is 30.5 Å². The number of anilines is 1. The normalized spacial score (nSPS) is 10.4. The Bertz CT molecular complexity index is 598. The first-order valence-electron chi connectivity index (χ1n) is 5.98. The van der Waals surface area contributed by atoms with E-state index in [1.807, 2.05) is 36.2 Å². The summed E-state index contributed by atoms with van der Waals surface area (Å²) in [5, 5.41) is 9.70. The largest absolute Gasteiger partial charge is 0.494 e. The van der Waals surface area contributed by atoms with E-state index in [4.69, 9.17) is 9.84 Å². The zero-order chi connectivity index (χ0) is 13.8. The highest BCUT2D eigenvalue weighted by molar-refractivity contribution is 5.95. The van der Waals surface area contributed by atoms with Crippen molar-refractivity contribution in [1.29, 1.82) is 0 Å². The number of ether oxygens (including phenoxy) is 1. The number of carboxylic acid groups (broad SMARTS) is 1. The molecule has 1 aromatic carbocycles. The zero-order valence-corrected chi connectivity index (χ0v) is 11.0. The van der Waals surface area contributed by atoms with E-state index in [0.717, 1.165) is 16.6 Å². The van der Waals surface area contributed by atoms with Gasteiger partial charge in [0.15, 0.2) is 0 Å². The molecule has 0 unspecified atom stereocenters. The predicted octanol–water partition coefficient (Wildman–Crippen LogP) is 2.15. The fourth-order valence-corrected chi connectivity index (χ4v) is 2.02. The summed E-state index contributed by atoms with van der Waals surface area (Å²) in [7, 11) is 3.48. The van der Waals surface area contributed by atoms with Crippen molar-refractivity contribution in [2.24, 2.45) is 0 Å². The molecule has 0 bridgehead atoms. The van der Waals surface area contributed by atoms with E-state index in [1.165, 1.54) is 0 Å². The van der Waals surface area contributed by atoms with Crippen LogP contribution in [0.15, 0.2) is 30.5 Å². The Morgan fingerprint density at radius 2 is 2.21 bits per heavy atom. The summed E-state index contributed by atoms with van der Waals surface area (Å²) in [4.78, 5) is 16.9. The van der Waals surface area contributed by atoms with Crippen molar-refractivity contribution in [2.75, 3.05) is 25.6 Å². The molecule has 0 saturated heterocycles. The van der Waals surface area contributed by atoms with Gasteiger partial charge in [0.25, 0.3) is 0 Å². The second-order valence-electron chi connectivity index (χ2n) is 4.25. The van der Waals surface area contributed by atoms with Gasteiger partial charge in [-0.2, -0.15) is 0 Å². The van der Waals surface area contributed by atoms with E-state index in [9.17, 15) is 4.79 Å². The van der Waals surface area contributed by atoms with Crippen molar-refractivity contribution in [2.45, 2.75) is 6.42 Å². The molecule has 100 valence electrons. The van der Waals surface area contributed by atoms with Crippen LogP contribution < -0.4 is 9.64 Å². The number of pyridine rings is 1. The van der Waals surface area contributed by atoms with E-state index in [-0.39, 0.29) is 6.42 Å². The van der Waals surface area contributed by atoms with Gasteiger partial charge in [-0.15, -0.1) is 0 Å². The third kappa shape index (κ3) is 2.76. The minimum atomic E-state index is -0.803. The van der Waals surface area contributed by atoms with E-state index in [1.54, 1.807) is 13.3 Å². The predicted molar refractivity (Wildman–Crippen MR) is 73.8 cm³/mol. The maximum atomic E-state index is 10.6. The molecule has 0 fully saturated rings. The highest BCUT2D eigenvalue weighted by atomic mass is 16.5. The molecular weight excluding hydrogens is 244 g/mol. The van der Waals surface area contributed by atoms with Crippen molar-refractivity contribution in [3.63, 3.8) is 0 Å². The number of carbonyl (C=O) groups is 1. The Hall–Kier alpha value is -2.30. The van der Waals surface area contributed by atoms with Crippen LogP contribution in [0.4, 0.5) is 5.69 Å². The Morgan fingerprint density at radius 3 is 2.89 bits per heavy atom. The molecule has 2 aromatic rings. The summed E-state index contributed by atoms with van der Waals surface area (Å²) in [6, 6.07) is 7.59. The highest BCUT2D eigenvalue weighted by Crippen LogP contribution is 2.30. The molecule has 0 radical (unpaired) electrons. The lowest BCUT2D eigenvalue weighted by Crippen LogP contribution is -2.21. The molecular formula is C14H16N2O3. The summed E-state index contributed by atoms with van der Waals surface area (Å²) >= 11 is 0. The first-order chi connectivity index (χ1) is 9.13. The van der Waals surface area contributed by atoms with Gasteiger partial charge in [0, 0.05) is 30.9 Å². The number of para-hydroxylation sites is 1. The molecule has 1 heterocycles. The number of aromatic nitrogens is 1. The average molecular weight is 260 g/mol. The Morgan fingerprint density at radius 1 is 1.42 bits per heavy atom. The fourth-order valence-electron chi connectivity index (χ4n) is 2.02. The monoisotopic (exact) mass is 260 g/mol. The molecule has 0 aliphatic rings. The van der Waals surface area contributed by atoms with Crippen molar-refractivity contribution in [3.8, 4) is 5.75 Å². The van der Waals surface area contributed by atoms with Gasteiger partial charge in [0.1, 0.15) is 11.3 Å². The van der Waals surface area contributed by atoms with Crippen LogP contribution in [0.5, 0.6) is 5.75 Å². The Labute approximate surface area is 111 Å². The van der Waals surface area contributed by atoms with Gasteiger partial charge in [-0.3, -0.25) is 9.78 Å². The minimum Gasteiger partial charge on any atom is -0.494 e. The number of aliphatic carboxylic acids is 1. The summed E-state index contributed by atoms with van der Waals surface area (Å²) in [6.45, 7) is 0.450. The van der Waals surface area contributed by atoms with Crippen molar-refractivity contribution >= 4 is 22.6 Å². The number of nitrogens with zero attached hydrogens (tertiary/aromatic N) is 2. The van der Waals surface area contributed by atoms with Gasteiger partial charge >= 0.3 is 5.97 Å². The number of benzene rings is 1. The molecule has 0 saturated carbocycles. The standard InChI is InChI=1S/C14H16N2O3/c1-16(9-7-13(17)18)11-6-8-15-14-10(11)4-3-5-12(14)19-2/h3-6,8H,7,9H2,1-2H3,(H,17,18). The molecule has 1 aromatic heterocycles. The van der Waals surface area contributed by atoms with Gasteiger partial charge in [0.05, 0.1) is 13.5 Å².